The molecule has 2 aromatic carbocycles. The average molecular weight is 368 g/mol. The Morgan fingerprint density at radius 3 is 2.33 bits per heavy atom. The number of aldehydes is 1. The van der Waals surface area contributed by atoms with Gasteiger partial charge in [0.1, 0.15) is 23.1 Å². The molecular formula is C20H14F2N2O3. The Bertz CT molecular complexity index is 1170. The number of nitrogens with zero attached hydrogens (tertiary/aromatic N) is 2. The number of hydrogen-bond donors (Lipinski definition) is 1. The Balaban J connectivity index is 2.27. The van der Waals surface area contributed by atoms with Crippen LogP contribution >= 0.6 is 0 Å². The number of halogens is 2. The van der Waals surface area contributed by atoms with Gasteiger partial charge >= 0.3 is 0 Å². The summed E-state index contributed by atoms with van der Waals surface area (Å²) in [5, 5.41) is 13.4. The van der Waals surface area contributed by atoms with E-state index in [0.29, 0.717) is 29.0 Å². The molecule has 0 amide bonds. The van der Waals surface area contributed by atoms with Gasteiger partial charge in [0.25, 0.3) is 0 Å². The number of phenolic OH excluding ortho intramolecular Hbond substituents is 1. The Labute approximate surface area is 152 Å². The molecule has 0 unspecified atom stereocenters. The Kier molecular flexibility index (Phi) is 3.80. The van der Waals surface area contributed by atoms with Crippen molar-refractivity contribution in [3.8, 4) is 22.7 Å². The highest BCUT2D eigenvalue weighted by molar-refractivity contribution is 6.06. The fraction of sp³-hybridized carbons (Fsp3) is 0.100. The molecule has 4 rings (SSSR count). The SMILES string of the molecule is Cc1noc(C)c1-c1c(C=O)c2c(F)ccc(F)c2n1-c1ccc(O)cc1. The van der Waals surface area contributed by atoms with Gasteiger partial charge in [0, 0.05) is 11.1 Å². The second-order valence-corrected chi connectivity index (χ2v) is 6.18. The molecule has 0 radical (unpaired) electrons. The molecule has 0 spiro atoms. The van der Waals surface area contributed by atoms with Gasteiger partial charge in [0.2, 0.25) is 0 Å². The molecule has 2 aromatic heterocycles. The molecule has 27 heavy (non-hydrogen) atoms. The molecule has 1 N–H and O–H groups in total. The van der Waals surface area contributed by atoms with Gasteiger partial charge in [-0.05, 0) is 50.2 Å². The number of rotatable bonds is 3. The number of fused-ring (bicyclic) bond motifs is 1. The van der Waals surface area contributed by atoms with Crippen LogP contribution in [0.15, 0.2) is 40.9 Å². The highest BCUT2D eigenvalue weighted by atomic mass is 19.1. The zero-order valence-corrected chi connectivity index (χ0v) is 14.5. The van der Waals surface area contributed by atoms with E-state index < -0.39 is 11.6 Å². The van der Waals surface area contributed by atoms with Crippen molar-refractivity contribution in [2.45, 2.75) is 13.8 Å². The summed E-state index contributed by atoms with van der Waals surface area (Å²) in [6, 6.07) is 7.96. The highest BCUT2D eigenvalue weighted by Gasteiger charge is 2.28. The van der Waals surface area contributed by atoms with Gasteiger partial charge in [0.05, 0.1) is 28.0 Å². The zero-order chi connectivity index (χ0) is 19.3. The third kappa shape index (κ3) is 2.43. The van der Waals surface area contributed by atoms with E-state index in [1.165, 1.54) is 16.7 Å². The third-order valence-electron chi connectivity index (χ3n) is 4.55. The maximum atomic E-state index is 14.8. The van der Waals surface area contributed by atoms with Crippen LogP contribution in [-0.2, 0) is 0 Å². The largest absolute Gasteiger partial charge is 0.508 e. The number of hydrogen-bond acceptors (Lipinski definition) is 4. The lowest BCUT2D eigenvalue weighted by Crippen LogP contribution is -2.00. The number of benzene rings is 2. The molecule has 7 heteroatoms. The molecule has 0 aliphatic carbocycles. The zero-order valence-electron chi connectivity index (χ0n) is 14.5. The summed E-state index contributed by atoms with van der Waals surface area (Å²) in [5.41, 5.74) is 1.64. The van der Waals surface area contributed by atoms with Gasteiger partial charge < -0.3 is 14.2 Å². The van der Waals surface area contributed by atoms with E-state index >= 15 is 0 Å². The second-order valence-electron chi connectivity index (χ2n) is 6.18. The van der Waals surface area contributed by atoms with E-state index in [-0.39, 0.29) is 27.9 Å². The fourth-order valence-electron chi connectivity index (χ4n) is 3.41. The van der Waals surface area contributed by atoms with Crippen LogP contribution in [0.3, 0.4) is 0 Å². The summed E-state index contributed by atoms with van der Waals surface area (Å²) in [6.07, 6.45) is 0.503. The quantitative estimate of drug-likeness (QED) is 0.532. The standard InChI is InChI=1S/C20H14F2N2O3/c1-10-17(11(2)27-23-10)19-14(9-25)18-15(21)7-8-16(22)20(18)24(19)12-3-5-13(26)6-4-12/h3-9,26H,1-2H3. The minimum absolute atomic E-state index is 0.00414. The van der Waals surface area contributed by atoms with E-state index in [2.05, 4.69) is 5.16 Å². The fourth-order valence-corrected chi connectivity index (χ4v) is 3.41. The van der Waals surface area contributed by atoms with Crippen LogP contribution in [0.2, 0.25) is 0 Å². The van der Waals surface area contributed by atoms with Crippen LogP contribution in [0.1, 0.15) is 21.8 Å². The first kappa shape index (κ1) is 17.0. The first-order valence-electron chi connectivity index (χ1n) is 8.14. The number of aromatic nitrogens is 2. The predicted molar refractivity (Wildman–Crippen MR) is 95.2 cm³/mol. The molecule has 0 aliphatic rings. The van der Waals surface area contributed by atoms with Crippen molar-refractivity contribution >= 4 is 17.2 Å². The van der Waals surface area contributed by atoms with E-state index in [0.717, 1.165) is 12.1 Å². The molecule has 0 atom stereocenters. The lowest BCUT2D eigenvalue weighted by atomic mass is 10.0. The lowest BCUT2D eigenvalue weighted by Gasteiger charge is -2.12. The minimum atomic E-state index is -0.709. The van der Waals surface area contributed by atoms with Crippen LogP contribution in [0.5, 0.6) is 5.75 Å². The first-order valence-corrected chi connectivity index (χ1v) is 8.14. The maximum absolute atomic E-state index is 14.8. The van der Waals surface area contributed by atoms with E-state index in [4.69, 9.17) is 4.52 Å². The highest BCUT2D eigenvalue weighted by Crippen LogP contribution is 2.40. The minimum Gasteiger partial charge on any atom is -0.508 e. The van der Waals surface area contributed by atoms with Gasteiger partial charge in [-0.2, -0.15) is 0 Å². The molecule has 4 aromatic rings. The van der Waals surface area contributed by atoms with E-state index in [9.17, 15) is 18.7 Å². The number of phenols is 1. The predicted octanol–water partition coefficient (Wildman–Crippen LogP) is 4.70. The Hall–Kier alpha value is -3.48. The monoisotopic (exact) mass is 368 g/mol. The summed E-state index contributed by atoms with van der Waals surface area (Å²) in [4.78, 5) is 11.9. The summed E-state index contributed by atoms with van der Waals surface area (Å²) in [5.74, 6) is -0.949. The van der Waals surface area contributed by atoms with Gasteiger partial charge in [-0.15, -0.1) is 0 Å². The van der Waals surface area contributed by atoms with Gasteiger partial charge in [-0.3, -0.25) is 4.79 Å². The summed E-state index contributed by atoms with van der Waals surface area (Å²) >= 11 is 0. The second kappa shape index (κ2) is 6.05. The number of aromatic hydroxyl groups is 1. The van der Waals surface area contributed by atoms with Gasteiger partial charge in [-0.25, -0.2) is 8.78 Å². The van der Waals surface area contributed by atoms with Crippen LogP contribution in [0.4, 0.5) is 8.78 Å². The smallest absolute Gasteiger partial charge is 0.152 e. The summed E-state index contributed by atoms with van der Waals surface area (Å²) in [7, 11) is 0. The third-order valence-corrected chi connectivity index (χ3v) is 4.55. The number of carbonyl (C=O) groups is 1. The number of carbonyl (C=O) groups excluding carboxylic acids is 1. The summed E-state index contributed by atoms with van der Waals surface area (Å²) < 4.78 is 36.0. The molecule has 5 nitrogen and oxygen atoms in total. The Morgan fingerprint density at radius 2 is 1.74 bits per heavy atom. The van der Waals surface area contributed by atoms with Crippen molar-refractivity contribution in [3.05, 3.63) is 65.1 Å². The molecule has 0 saturated carbocycles. The van der Waals surface area contributed by atoms with Crippen LogP contribution in [0, 0.1) is 25.5 Å². The van der Waals surface area contributed by atoms with Crippen molar-refractivity contribution < 1.29 is 23.2 Å². The molecule has 0 aliphatic heterocycles. The summed E-state index contributed by atoms with van der Waals surface area (Å²) in [6.45, 7) is 3.35. The van der Waals surface area contributed by atoms with E-state index in [1.807, 2.05) is 0 Å². The van der Waals surface area contributed by atoms with Crippen LogP contribution < -0.4 is 0 Å². The van der Waals surface area contributed by atoms with Crippen molar-refractivity contribution in [2.75, 3.05) is 0 Å². The van der Waals surface area contributed by atoms with Gasteiger partial charge in [0.15, 0.2) is 6.29 Å². The maximum Gasteiger partial charge on any atom is 0.152 e. The molecule has 2 heterocycles. The van der Waals surface area contributed by atoms with Crippen LogP contribution in [-0.4, -0.2) is 21.1 Å². The topological polar surface area (TPSA) is 68.3 Å². The van der Waals surface area contributed by atoms with Crippen molar-refractivity contribution in [3.63, 3.8) is 0 Å². The van der Waals surface area contributed by atoms with Crippen molar-refractivity contribution in [2.24, 2.45) is 0 Å². The average Bonchev–Trinajstić information content (AvgIpc) is 3.16. The molecule has 136 valence electrons. The van der Waals surface area contributed by atoms with Crippen LogP contribution in [0.25, 0.3) is 27.8 Å². The first-order chi connectivity index (χ1) is 12.9. The lowest BCUT2D eigenvalue weighted by molar-refractivity contribution is 0.112. The molecule has 0 saturated heterocycles. The number of aryl methyl sites for hydroxylation is 2. The molecular weight excluding hydrogens is 354 g/mol. The van der Waals surface area contributed by atoms with E-state index in [1.54, 1.807) is 26.0 Å². The molecule has 0 fully saturated rings. The molecule has 0 bridgehead atoms. The van der Waals surface area contributed by atoms with Gasteiger partial charge in [-0.1, -0.05) is 5.16 Å². The van der Waals surface area contributed by atoms with Crippen molar-refractivity contribution in [1.82, 2.24) is 9.72 Å². The Morgan fingerprint density at radius 1 is 1.07 bits per heavy atom. The normalized spacial score (nSPS) is 11.3. The van der Waals surface area contributed by atoms with Crippen molar-refractivity contribution in [1.29, 1.82) is 0 Å².